The standard InChI is InChI=1S/C32H40N2O/c1-25(2)33-20-22-34(23-21-33)30-18-16-29(17-19-30)32(28-12-7-9-26(3)14-15-28)31(13-8-24-35)27-10-5-4-6-11-27/h4-7,9-11,14-19,25,35H,8,12-13,20-24H2,1-3H3/b32-31-. The summed E-state index contributed by atoms with van der Waals surface area (Å²) in [4.78, 5) is 5.07. The molecule has 0 amide bonds. The van der Waals surface area contributed by atoms with Crippen molar-refractivity contribution in [2.75, 3.05) is 37.7 Å². The van der Waals surface area contributed by atoms with Gasteiger partial charge in [-0.3, -0.25) is 4.90 Å². The van der Waals surface area contributed by atoms with E-state index in [2.05, 4.69) is 109 Å². The molecular weight excluding hydrogens is 428 g/mol. The first-order chi connectivity index (χ1) is 17.1. The van der Waals surface area contributed by atoms with E-state index in [1.54, 1.807) is 0 Å². The lowest BCUT2D eigenvalue weighted by molar-refractivity contribution is 0.209. The van der Waals surface area contributed by atoms with E-state index < -0.39 is 0 Å². The van der Waals surface area contributed by atoms with Crippen molar-refractivity contribution in [3.63, 3.8) is 0 Å². The molecule has 1 fully saturated rings. The largest absolute Gasteiger partial charge is 0.396 e. The zero-order chi connectivity index (χ0) is 24.6. The number of anilines is 1. The van der Waals surface area contributed by atoms with Gasteiger partial charge in [0.1, 0.15) is 0 Å². The lowest BCUT2D eigenvalue weighted by Gasteiger charge is -2.38. The van der Waals surface area contributed by atoms with Crippen LogP contribution in [0.4, 0.5) is 5.69 Å². The van der Waals surface area contributed by atoms with Crippen LogP contribution in [0.15, 0.2) is 90.0 Å². The minimum absolute atomic E-state index is 0.197. The van der Waals surface area contributed by atoms with Crippen LogP contribution in [0.2, 0.25) is 0 Å². The average Bonchev–Trinajstić information content (AvgIpc) is 3.11. The zero-order valence-corrected chi connectivity index (χ0v) is 21.6. The fourth-order valence-electron chi connectivity index (χ4n) is 5.11. The Morgan fingerprint density at radius 3 is 2.26 bits per heavy atom. The first-order valence-electron chi connectivity index (χ1n) is 13.1. The summed E-state index contributed by atoms with van der Waals surface area (Å²) < 4.78 is 0. The summed E-state index contributed by atoms with van der Waals surface area (Å²) in [5.74, 6) is 0. The maximum atomic E-state index is 9.67. The van der Waals surface area contributed by atoms with Crippen LogP contribution in [0.5, 0.6) is 0 Å². The Balaban J connectivity index is 1.73. The highest BCUT2D eigenvalue weighted by atomic mass is 16.2. The highest BCUT2D eigenvalue weighted by Gasteiger charge is 2.20. The zero-order valence-electron chi connectivity index (χ0n) is 21.6. The Hall–Kier alpha value is -2.88. The molecule has 1 heterocycles. The summed E-state index contributed by atoms with van der Waals surface area (Å²) in [5.41, 5.74) is 9.00. The van der Waals surface area contributed by atoms with Crippen LogP contribution < -0.4 is 4.90 Å². The fraction of sp³-hybridized carbons (Fsp3) is 0.375. The molecular formula is C32H40N2O. The average molecular weight is 469 g/mol. The van der Waals surface area contributed by atoms with E-state index in [1.165, 1.54) is 39.1 Å². The number of allylic oxidation sites excluding steroid dienone is 8. The molecule has 0 bridgehead atoms. The van der Waals surface area contributed by atoms with Gasteiger partial charge in [0, 0.05) is 44.5 Å². The van der Waals surface area contributed by atoms with Gasteiger partial charge in [-0.25, -0.2) is 0 Å². The van der Waals surface area contributed by atoms with Gasteiger partial charge < -0.3 is 10.0 Å². The van der Waals surface area contributed by atoms with E-state index in [4.69, 9.17) is 0 Å². The fourth-order valence-corrected chi connectivity index (χ4v) is 5.11. The number of aliphatic hydroxyl groups excluding tert-OH is 1. The molecule has 0 atom stereocenters. The van der Waals surface area contributed by atoms with Crippen LogP contribution in [0.1, 0.15) is 51.2 Å². The second kappa shape index (κ2) is 12.2. The topological polar surface area (TPSA) is 26.7 Å². The van der Waals surface area contributed by atoms with Crippen molar-refractivity contribution >= 4 is 16.8 Å². The van der Waals surface area contributed by atoms with Gasteiger partial charge in [-0.05, 0) is 80.0 Å². The van der Waals surface area contributed by atoms with Crippen molar-refractivity contribution in [3.8, 4) is 0 Å². The summed E-state index contributed by atoms with van der Waals surface area (Å²) in [7, 11) is 0. The summed E-state index contributed by atoms with van der Waals surface area (Å²) in [6.07, 6.45) is 11.5. The SMILES string of the molecule is CC1=CC=C(/C(=C(\CCCO)c2ccccc2)c2ccc(N3CCN(C(C)C)CC3)cc2)CC=C1. The van der Waals surface area contributed by atoms with Crippen LogP contribution in [-0.4, -0.2) is 48.8 Å². The molecule has 1 N–H and O–H groups in total. The summed E-state index contributed by atoms with van der Waals surface area (Å²) >= 11 is 0. The number of nitrogens with zero attached hydrogens (tertiary/aromatic N) is 2. The maximum Gasteiger partial charge on any atom is 0.0434 e. The summed E-state index contributed by atoms with van der Waals surface area (Å²) in [6.45, 7) is 11.3. The van der Waals surface area contributed by atoms with Crippen LogP contribution in [0.3, 0.4) is 0 Å². The monoisotopic (exact) mass is 468 g/mol. The number of rotatable bonds is 8. The minimum Gasteiger partial charge on any atom is -0.396 e. The van der Waals surface area contributed by atoms with E-state index in [1.807, 2.05) is 0 Å². The molecule has 0 radical (unpaired) electrons. The number of benzene rings is 2. The van der Waals surface area contributed by atoms with Gasteiger partial charge in [-0.2, -0.15) is 0 Å². The summed E-state index contributed by atoms with van der Waals surface area (Å²) in [6, 6.07) is 20.5. The second-order valence-corrected chi connectivity index (χ2v) is 9.92. The van der Waals surface area contributed by atoms with Crippen molar-refractivity contribution in [2.45, 2.75) is 46.1 Å². The quantitative estimate of drug-likeness (QED) is 0.435. The first kappa shape index (κ1) is 25.2. The van der Waals surface area contributed by atoms with Crippen molar-refractivity contribution < 1.29 is 5.11 Å². The maximum absolute atomic E-state index is 9.67. The van der Waals surface area contributed by atoms with E-state index in [9.17, 15) is 5.11 Å². The van der Waals surface area contributed by atoms with E-state index >= 15 is 0 Å². The summed E-state index contributed by atoms with van der Waals surface area (Å²) in [5, 5.41) is 9.67. The Morgan fingerprint density at radius 1 is 0.886 bits per heavy atom. The number of hydrogen-bond acceptors (Lipinski definition) is 3. The molecule has 4 rings (SSSR count). The molecule has 0 saturated carbocycles. The first-order valence-corrected chi connectivity index (χ1v) is 13.1. The van der Waals surface area contributed by atoms with Crippen molar-refractivity contribution in [3.05, 3.63) is 101 Å². The van der Waals surface area contributed by atoms with Gasteiger partial charge in [0.2, 0.25) is 0 Å². The van der Waals surface area contributed by atoms with Crippen molar-refractivity contribution in [2.24, 2.45) is 0 Å². The number of piperazine rings is 1. The van der Waals surface area contributed by atoms with Crippen molar-refractivity contribution in [1.29, 1.82) is 0 Å². The van der Waals surface area contributed by atoms with Crippen molar-refractivity contribution in [1.82, 2.24) is 4.90 Å². The third-order valence-electron chi connectivity index (χ3n) is 7.16. The Kier molecular flexibility index (Phi) is 8.79. The normalized spacial score (nSPS) is 17.7. The number of aliphatic hydroxyl groups is 1. The molecule has 3 heteroatoms. The van der Waals surface area contributed by atoms with Gasteiger partial charge in [-0.15, -0.1) is 0 Å². The minimum atomic E-state index is 0.197. The van der Waals surface area contributed by atoms with E-state index in [0.29, 0.717) is 6.04 Å². The van der Waals surface area contributed by atoms with E-state index in [0.717, 1.165) is 45.4 Å². The Morgan fingerprint density at radius 2 is 1.60 bits per heavy atom. The van der Waals surface area contributed by atoms with Gasteiger partial charge >= 0.3 is 0 Å². The molecule has 1 aliphatic heterocycles. The van der Waals surface area contributed by atoms with Gasteiger partial charge in [0.15, 0.2) is 0 Å². The van der Waals surface area contributed by atoms with Crippen LogP contribution in [0.25, 0.3) is 11.1 Å². The van der Waals surface area contributed by atoms with Gasteiger partial charge in [-0.1, -0.05) is 72.3 Å². The number of hydrogen-bond donors (Lipinski definition) is 1. The molecule has 2 aromatic carbocycles. The molecule has 35 heavy (non-hydrogen) atoms. The molecule has 0 spiro atoms. The lowest BCUT2D eigenvalue weighted by Crippen LogP contribution is -2.48. The molecule has 184 valence electrons. The molecule has 1 aliphatic carbocycles. The van der Waals surface area contributed by atoms with Gasteiger partial charge in [0.05, 0.1) is 0 Å². The van der Waals surface area contributed by atoms with Crippen LogP contribution in [-0.2, 0) is 0 Å². The highest BCUT2D eigenvalue weighted by molar-refractivity contribution is 5.98. The van der Waals surface area contributed by atoms with E-state index in [-0.39, 0.29) is 6.61 Å². The van der Waals surface area contributed by atoms with Crippen LogP contribution in [0, 0.1) is 0 Å². The predicted molar refractivity (Wildman–Crippen MR) is 151 cm³/mol. The molecule has 1 saturated heterocycles. The second-order valence-electron chi connectivity index (χ2n) is 9.92. The molecule has 0 aromatic heterocycles. The Bertz CT molecular complexity index is 1080. The molecule has 0 unspecified atom stereocenters. The smallest absolute Gasteiger partial charge is 0.0434 e. The molecule has 2 aliphatic rings. The lowest BCUT2D eigenvalue weighted by atomic mass is 9.85. The third kappa shape index (κ3) is 6.42. The molecule has 2 aromatic rings. The molecule has 3 nitrogen and oxygen atoms in total. The van der Waals surface area contributed by atoms with Crippen LogP contribution >= 0.6 is 0 Å². The highest BCUT2D eigenvalue weighted by Crippen LogP contribution is 2.38. The predicted octanol–water partition coefficient (Wildman–Crippen LogP) is 6.73. The third-order valence-corrected chi connectivity index (χ3v) is 7.16. The van der Waals surface area contributed by atoms with Gasteiger partial charge in [0.25, 0.3) is 0 Å². The Labute approximate surface area is 211 Å².